The number of carbonyl (C=O) groups is 1. The van der Waals surface area contributed by atoms with Crippen molar-refractivity contribution in [2.24, 2.45) is 4.99 Å². The van der Waals surface area contributed by atoms with Gasteiger partial charge in [-0.25, -0.2) is 0 Å². The molecule has 0 aromatic heterocycles. The van der Waals surface area contributed by atoms with Crippen LogP contribution in [-0.4, -0.2) is 44.7 Å². The number of amides is 1. The standard InChI is InChI=1S/C17H25BrN4O2/c1-12-5-6-13(18)10-15(12)22-16(23)7-8-20-17(19-2)21-11-14-4-3-9-24-14/h5-6,10,14H,3-4,7-9,11H2,1-2H3,(H,22,23)(H2,19,20,21). The number of ether oxygens (including phenoxy) is 1. The van der Waals surface area contributed by atoms with E-state index in [1.165, 1.54) is 0 Å². The molecule has 24 heavy (non-hydrogen) atoms. The molecule has 1 fully saturated rings. The van der Waals surface area contributed by atoms with Crippen molar-refractivity contribution in [2.45, 2.75) is 32.3 Å². The van der Waals surface area contributed by atoms with E-state index in [-0.39, 0.29) is 12.0 Å². The molecule has 3 N–H and O–H groups in total. The molecule has 1 heterocycles. The Morgan fingerprint density at radius 2 is 2.25 bits per heavy atom. The maximum absolute atomic E-state index is 12.1. The average Bonchev–Trinajstić information content (AvgIpc) is 3.07. The third-order valence-electron chi connectivity index (χ3n) is 3.86. The minimum Gasteiger partial charge on any atom is -0.376 e. The topological polar surface area (TPSA) is 74.8 Å². The molecular formula is C17H25BrN4O2. The lowest BCUT2D eigenvalue weighted by molar-refractivity contribution is -0.116. The van der Waals surface area contributed by atoms with E-state index in [2.05, 4.69) is 36.9 Å². The van der Waals surface area contributed by atoms with Gasteiger partial charge in [-0.2, -0.15) is 0 Å². The molecule has 0 bridgehead atoms. The number of anilines is 1. The van der Waals surface area contributed by atoms with Gasteiger partial charge in [0.25, 0.3) is 0 Å². The van der Waals surface area contributed by atoms with Crippen LogP contribution in [0, 0.1) is 6.92 Å². The first-order valence-electron chi connectivity index (χ1n) is 8.20. The molecule has 0 saturated carbocycles. The lowest BCUT2D eigenvalue weighted by atomic mass is 10.2. The Kier molecular flexibility index (Phi) is 7.52. The number of benzene rings is 1. The number of aliphatic imine (C=N–C) groups is 1. The molecule has 1 aromatic rings. The van der Waals surface area contributed by atoms with Crippen molar-refractivity contribution >= 4 is 33.5 Å². The maximum Gasteiger partial charge on any atom is 0.226 e. The van der Waals surface area contributed by atoms with E-state index in [0.29, 0.717) is 18.9 Å². The highest BCUT2D eigenvalue weighted by atomic mass is 79.9. The molecule has 132 valence electrons. The molecule has 7 heteroatoms. The number of aryl methyl sites for hydroxylation is 1. The molecule has 6 nitrogen and oxygen atoms in total. The predicted octanol–water partition coefficient (Wildman–Crippen LogP) is 2.43. The quantitative estimate of drug-likeness (QED) is 0.509. The minimum absolute atomic E-state index is 0.0294. The van der Waals surface area contributed by atoms with Gasteiger partial charge in [-0.15, -0.1) is 0 Å². The first-order valence-corrected chi connectivity index (χ1v) is 9.00. The molecule has 1 aliphatic heterocycles. The average molecular weight is 397 g/mol. The summed E-state index contributed by atoms with van der Waals surface area (Å²) in [5.74, 6) is 0.662. The van der Waals surface area contributed by atoms with Crippen molar-refractivity contribution in [3.63, 3.8) is 0 Å². The summed E-state index contributed by atoms with van der Waals surface area (Å²) < 4.78 is 6.51. The molecule has 1 saturated heterocycles. The monoisotopic (exact) mass is 396 g/mol. The van der Waals surface area contributed by atoms with Crippen molar-refractivity contribution in [2.75, 3.05) is 32.1 Å². The van der Waals surface area contributed by atoms with Crippen LogP contribution in [0.25, 0.3) is 0 Å². The van der Waals surface area contributed by atoms with Gasteiger partial charge in [-0.1, -0.05) is 22.0 Å². The summed E-state index contributed by atoms with van der Waals surface area (Å²) in [4.78, 5) is 16.2. The molecule has 1 aromatic carbocycles. The van der Waals surface area contributed by atoms with Crippen LogP contribution in [0.15, 0.2) is 27.7 Å². The number of nitrogens with zero attached hydrogens (tertiary/aromatic N) is 1. The van der Waals surface area contributed by atoms with E-state index >= 15 is 0 Å². The fourth-order valence-electron chi connectivity index (χ4n) is 2.47. The summed E-state index contributed by atoms with van der Waals surface area (Å²) in [5.41, 5.74) is 1.86. The summed E-state index contributed by atoms with van der Waals surface area (Å²) in [6, 6.07) is 5.83. The third kappa shape index (κ3) is 6.13. The Labute approximate surface area is 151 Å². The predicted molar refractivity (Wildman–Crippen MR) is 100 cm³/mol. The van der Waals surface area contributed by atoms with E-state index in [0.717, 1.165) is 41.7 Å². The van der Waals surface area contributed by atoms with Crippen molar-refractivity contribution < 1.29 is 9.53 Å². The van der Waals surface area contributed by atoms with Crippen LogP contribution in [0.2, 0.25) is 0 Å². The number of carbonyl (C=O) groups excluding carboxylic acids is 1. The zero-order chi connectivity index (χ0) is 17.4. The van der Waals surface area contributed by atoms with Crippen LogP contribution in [0.4, 0.5) is 5.69 Å². The van der Waals surface area contributed by atoms with Crippen molar-refractivity contribution in [1.29, 1.82) is 0 Å². The first kappa shape index (κ1) is 18.7. The van der Waals surface area contributed by atoms with Crippen LogP contribution < -0.4 is 16.0 Å². The van der Waals surface area contributed by atoms with E-state index in [9.17, 15) is 4.79 Å². The Hall–Kier alpha value is -1.60. The number of nitrogens with one attached hydrogen (secondary N) is 3. The van der Waals surface area contributed by atoms with Gasteiger partial charge in [0.1, 0.15) is 0 Å². The summed E-state index contributed by atoms with van der Waals surface area (Å²) >= 11 is 3.41. The second kappa shape index (κ2) is 9.64. The van der Waals surface area contributed by atoms with Crippen LogP contribution in [0.3, 0.4) is 0 Å². The molecule has 1 amide bonds. The van der Waals surface area contributed by atoms with Crippen LogP contribution >= 0.6 is 15.9 Å². The zero-order valence-corrected chi connectivity index (χ0v) is 15.8. The summed E-state index contributed by atoms with van der Waals surface area (Å²) in [5, 5.41) is 9.31. The van der Waals surface area contributed by atoms with Gasteiger partial charge in [0.15, 0.2) is 5.96 Å². The number of hydrogen-bond acceptors (Lipinski definition) is 3. The molecular weight excluding hydrogens is 372 g/mol. The van der Waals surface area contributed by atoms with Gasteiger partial charge in [-0.05, 0) is 37.5 Å². The zero-order valence-electron chi connectivity index (χ0n) is 14.2. The Bertz CT molecular complexity index is 586. The van der Waals surface area contributed by atoms with Gasteiger partial charge >= 0.3 is 0 Å². The second-order valence-electron chi connectivity index (χ2n) is 5.77. The fraction of sp³-hybridized carbons (Fsp3) is 0.529. The molecule has 0 aliphatic carbocycles. The van der Waals surface area contributed by atoms with Crippen molar-refractivity contribution in [3.05, 3.63) is 28.2 Å². The highest BCUT2D eigenvalue weighted by Crippen LogP contribution is 2.20. The normalized spacial score (nSPS) is 17.6. The molecule has 2 rings (SSSR count). The molecule has 1 aliphatic rings. The summed E-state index contributed by atoms with van der Waals surface area (Å²) in [6.45, 7) is 4.07. The SMILES string of the molecule is CN=C(NCCC(=O)Nc1cc(Br)ccc1C)NCC1CCCO1. The highest BCUT2D eigenvalue weighted by molar-refractivity contribution is 9.10. The van der Waals surface area contributed by atoms with Crippen LogP contribution in [-0.2, 0) is 9.53 Å². The van der Waals surface area contributed by atoms with Gasteiger partial charge in [0, 0.05) is 43.3 Å². The summed E-state index contributed by atoms with van der Waals surface area (Å²) in [6.07, 6.45) is 2.82. The summed E-state index contributed by atoms with van der Waals surface area (Å²) in [7, 11) is 1.72. The lowest BCUT2D eigenvalue weighted by Crippen LogP contribution is -2.41. The molecule has 0 spiro atoms. The van der Waals surface area contributed by atoms with Crippen molar-refractivity contribution in [3.8, 4) is 0 Å². The van der Waals surface area contributed by atoms with Gasteiger partial charge in [0.2, 0.25) is 5.91 Å². The number of rotatable bonds is 6. The van der Waals surface area contributed by atoms with E-state index in [4.69, 9.17) is 4.74 Å². The smallest absolute Gasteiger partial charge is 0.226 e. The van der Waals surface area contributed by atoms with Crippen LogP contribution in [0.1, 0.15) is 24.8 Å². The third-order valence-corrected chi connectivity index (χ3v) is 4.36. The molecule has 1 unspecified atom stereocenters. The van der Waals surface area contributed by atoms with E-state index in [1.54, 1.807) is 7.05 Å². The lowest BCUT2D eigenvalue weighted by Gasteiger charge is -2.15. The molecule has 1 atom stereocenters. The number of halogens is 1. The van der Waals surface area contributed by atoms with Crippen LogP contribution in [0.5, 0.6) is 0 Å². The van der Waals surface area contributed by atoms with Crippen molar-refractivity contribution in [1.82, 2.24) is 10.6 Å². The highest BCUT2D eigenvalue weighted by Gasteiger charge is 2.15. The van der Waals surface area contributed by atoms with E-state index < -0.39 is 0 Å². The van der Waals surface area contributed by atoms with Gasteiger partial charge in [-0.3, -0.25) is 9.79 Å². The Morgan fingerprint density at radius 3 is 2.96 bits per heavy atom. The van der Waals surface area contributed by atoms with Gasteiger partial charge < -0.3 is 20.7 Å². The minimum atomic E-state index is -0.0294. The first-order chi connectivity index (χ1) is 11.6. The number of guanidine groups is 1. The maximum atomic E-state index is 12.1. The molecule has 0 radical (unpaired) electrons. The van der Waals surface area contributed by atoms with E-state index in [1.807, 2.05) is 25.1 Å². The van der Waals surface area contributed by atoms with Gasteiger partial charge in [0.05, 0.1) is 6.10 Å². The fourth-order valence-corrected chi connectivity index (χ4v) is 2.83. The number of hydrogen-bond donors (Lipinski definition) is 3. The second-order valence-corrected chi connectivity index (χ2v) is 6.69. The Balaban J connectivity index is 1.69. The largest absolute Gasteiger partial charge is 0.376 e. The Morgan fingerprint density at radius 1 is 1.42 bits per heavy atom.